The first kappa shape index (κ1) is 16.2. The molecule has 5 nitrogen and oxygen atoms in total. The van der Waals surface area contributed by atoms with Crippen molar-refractivity contribution >= 4 is 24.2 Å². The van der Waals surface area contributed by atoms with Gasteiger partial charge in [0, 0.05) is 24.4 Å². The highest BCUT2D eigenvalue weighted by molar-refractivity contribution is 5.85. The first-order valence-electron chi connectivity index (χ1n) is 5.83. The van der Waals surface area contributed by atoms with E-state index in [2.05, 4.69) is 5.32 Å². The van der Waals surface area contributed by atoms with Crippen molar-refractivity contribution in [1.82, 2.24) is 5.32 Å². The van der Waals surface area contributed by atoms with Crippen LogP contribution >= 0.6 is 12.4 Å². The van der Waals surface area contributed by atoms with Crippen LogP contribution in [0.2, 0.25) is 0 Å². The molecule has 2 amide bonds. The van der Waals surface area contributed by atoms with Gasteiger partial charge in [0.1, 0.15) is 0 Å². The van der Waals surface area contributed by atoms with Gasteiger partial charge < -0.3 is 16.8 Å². The molecule has 6 heteroatoms. The number of carbonyl (C=O) groups excluding carboxylic acids is 2. The lowest BCUT2D eigenvalue weighted by Gasteiger charge is -2.28. The van der Waals surface area contributed by atoms with Gasteiger partial charge in [0.15, 0.2) is 0 Å². The summed E-state index contributed by atoms with van der Waals surface area (Å²) in [5, 5.41) is 2.91. The highest BCUT2D eigenvalue weighted by Gasteiger charge is 2.26. The van der Waals surface area contributed by atoms with Crippen LogP contribution in [0.15, 0.2) is 0 Å². The summed E-state index contributed by atoms with van der Waals surface area (Å²) in [5.74, 6) is -0.384. The summed E-state index contributed by atoms with van der Waals surface area (Å²) in [4.78, 5) is 22.5. The minimum atomic E-state index is -0.258. The topological polar surface area (TPSA) is 98.2 Å². The highest BCUT2D eigenvalue weighted by Crippen LogP contribution is 2.23. The smallest absolute Gasteiger partial charge is 0.221 e. The van der Waals surface area contributed by atoms with E-state index in [-0.39, 0.29) is 42.2 Å². The number of halogens is 1. The molecule has 5 N–H and O–H groups in total. The summed E-state index contributed by atoms with van der Waals surface area (Å²) in [6.07, 6.45) is 3.71. The van der Waals surface area contributed by atoms with Crippen molar-refractivity contribution in [3.63, 3.8) is 0 Å². The molecule has 1 saturated carbocycles. The molecule has 0 aliphatic heterocycles. The molecule has 0 aromatic rings. The Morgan fingerprint density at radius 3 is 2.59 bits per heavy atom. The van der Waals surface area contributed by atoms with Gasteiger partial charge in [-0.3, -0.25) is 9.59 Å². The van der Waals surface area contributed by atoms with Gasteiger partial charge in [-0.05, 0) is 26.2 Å². The first-order chi connectivity index (χ1) is 7.49. The summed E-state index contributed by atoms with van der Waals surface area (Å²) in [6.45, 7) is 1.80. The SMILES string of the molecule is CC(N)CC(=O)NC1CCCC(C(N)=O)C1.Cl. The summed E-state index contributed by atoms with van der Waals surface area (Å²) in [7, 11) is 0. The minimum Gasteiger partial charge on any atom is -0.369 e. The van der Waals surface area contributed by atoms with E-state index in [4.69, 9.17) is 11.5 Å². The molecule has 100 valence electrons. The highest BCUT2D eigenvalue weighted by atomic mass is 35.5. The summed E-state index contributed by atoms with van der Waals surface area (Å²) in [6, 6.07) is -0.0481. The average Bonchev–Trinajstić information content (AvgIpc) is 2.16. The van der Waals surface area contributed by atoms with E-state index in [0.717, 1.165) is 19.3 Å². The molecule has 0 aromatic carbocycles. The molecule has 0 aromatic heterocycles. The van der Waals surface area contributed by atoms with E-state index in [0.29, 0.717) is 12.8 Å². The van der Waals surface area contributed by atoms with E-state index >= 15 is 0 Å². The zero-order valence-electron chi connectivity index (χ0n) is 10.1. The van der Waals surface area contributed by atoms with Crippen LogP contribution in [0, 0.1) is 5.92 Å². The Bertz CT molecular complexity index is 271. The molecule has 0 heterocycles. The van der Waals surface area contributed by atoms with Crippen LogP contribution in [0.1, 0.15) is 39.0 Å². The van der Waals surface area contributed by atoms with Crippen LogP contribution in [0.25, 0.3) is 0 Å². The van der Waals surface area contributed by atoms with E-state index in [1.165, 1.54) is 0 Å². The number of hydrogen-bond acceptors (Lipinski definition) is 3. The third kappa shape index (κ3) is 5.89. The molecule has 0 radical (unpaired) electrons. The van der Waals surface area contributed by atoms with Gasteiger partial charge in [0.25, 0.3) is 0 Å². The second-order valence-electron chi connectivity index (χ2n) is 4.71. The molecule has 0 bridgehead atoms. The van der Waals surface area contributed by atoms with Crippen LogP contribution in [0.3, 0.4) is 0 Å². The first-order valence-corrected chi connectivity index (χ1v) is 5.83. The average molecular weight is 264 g/mol. The van der Waals surface area contributed by atoms with Gasteiger partial charge in [0.05, 0.1) is 0 Å². The molecule has 0 spiro atoms. The molecule has 17 heavy (non-hydrogen) atoms. The molecule has 1 aliphatic carbocycles. The zero-order valence-corrected chi connectivity index (χ0v) is 11.0. The van der Waals surface area contributed by atoms with Crippen LogP contribution in [0.4, 0.5) is 0 Å². The maximum absolute atomic E-state index is 11.5. The van der Waals surface area contributed by atoms with Crippen LogP contribution in [0.5, 0.6) is 0 Å². The number of primary amides is 1. The molecule has 3 atom stereocenters. The Balaban J connectivity index is 0.00000256. The molecule has 1 aliphatic rings. The van der Waals surface area contributed by atoms with Crippen molar-refractivity contribution in [2.75, 3.05) is 0 Å². The summed E-state index contributed by atoms with van der Waals surface area (Å²) >= 11 is 0. The standard InChI is InChI=1S/C11H21N3O2.ClH/c1-7(12)5-10(15)14-9-4-2-3-8(6-9)11(13)16;/h7-9H,2-6,12H2,1H3,(H2,13,16)(H,14,15);1H. The van der Waals surface area contributed by atoms with Crippen LogP contribution in [-0.2, 0) is 9.59 Å². The van der Waals surface area contributed by atoms with Crippen molar-refractivity contribution < 1.29 is 9.59 Å². The van der Waals surface area contributed by atoms with Crippen molar-refractivity contribution in [2.45, 2.75) is 51.1 Å². The summed E-state index contributed by atoms with van der Waals surface area (Å²) < 4.78 is 0. The molecular formula is C11H22ClN3O2. The van der Waals surface area contributed by atoms with Crippen LogP contribution < -0.4 is 16.8 Å². The molecule has 1 fully saturated rings. The van der Waals surface area contributed by atoms with E-state index in [1.54, 1.807) is 6.92 Å². The second kappa shape index (κ2) is 7.50. The maximum Gasteiger partial charge on any atom is 0.221 e. The number of amides is 2. The van der Waals surface area contributed by atoms with E-state index < -0.39 is 0 Å². The predicted octanol–water partition coefficient (Wildman–Crippen LogP) is 0.306. The monoisotopic (exact) mass is 263 g/mol. The lowest BCUT2D eigenvalue weighted by atomic mass is 9.85. The Morgan fingerprint density at radius 2 is 2.06 bits per heavy atom. The fourth-order valence-electron chi connectivity index (χ4n) is 2.16. The van der Waals surface area contributed by atoms with E-state index in [9.17, 15) is 9.59 Å². The van der Waals surface area contributed by atoms with Crippen molar-refractivity contribution in [2.24, 2.45) is 17.4 Å². The predicted molar refractivity (Wildman–Crippen MR) is 68.6 cm³/mol. The van der Waals surface area contributed by atoms with Gasteiger partial charge in [-0.25, -0.2) is 0 Å². The van der Waals surface area contributed by atoms with Crippen LogP contribution in [-0.4, -0.2) is 23.9 Å². The minimum absolute atomic E-state index is 0. The zero-order chi connectivity index (χ0) is 12.1. The third-order valence-corrected chi connectivity index (χ3v) is 2.95. The number of rotatable bonds is 4. The number of carbonyl (C=O) groups is 2. The quantitative estimate of drug-likeness (QED) is 0.681. The Hall–Kier alpha value is -0.810. The van der Waals surface area contributed by atoms with Crippen molar-refractivity contribution in [3.8, 4) is 0 Å². The van der Waals surface area contributed by atoms with Gasteiger partial charge in [-0.1, -0.05) is 6.42 Å². The largest absolute Gasteiger partial charge is 0.369 e. The molecule has 0 saturated heterocycles. The Labute approximate surface area is 108 Å². The number of hydrogen-bond donors (Lipinski definition) is 3. The fourth-order valence-corrected chi connectivity index (χ4v) is 2.16. The molecular weight excluding hydrogens is 242 g/mol. The van der Waals surface area contributed by atoms with Crippen molar-refractivity contribution in [1.29, 1.82) is 0 Å². The molecule has 1 rings (SSSR count). The van der Waals surface area contributed by atoms with Gasteiger partial charge >= 0.3 is 0 Å². The second-order valence-corrected chi connectivity index (χ2v) is 4.71. The van der Waals surface area contributed by atoms with Crippen molar-refractivity contribution in [3.05, 3.63) is 0 Å². The van der Waals surface area contributed by atoms with Gasteiger partial charge in [-0.2, -0.15) is 0 Å². The Kier molecular flexibility index (Phi) is 7.15. The van der Waals surface area contributed by atoms with E-state index in [1.807, 2.05) is 0 Å². The van der Waals surface area contributed by atoms with Gasteiger partial charge in [0.2, 0.25) is 11.8 Å². The normalized spacial score (nSPS) is 25.5. The lowest BCUT2D eigenvalue weighted by Crippen LogP contribution is -2.42. The summed E-state index contributed by atoms with van der Waals surface area (Å²) in [5.41, 5.74) is 10.8. The maximum atomic E-state index is 11.5. The fraction of sp³-hybridized carbons (Fsp3) is 0.818. The Morgan fingerprint density at radius 1 is 1.41 bits per heavy atom. The number of nitrogens with two attached hydrogens (primary N) is 2. The lowest BCUT2D eigenvalue weighted by molar-refractivity contribution is -0.125. The number of nitrogens with one attached hydrogen (secondary N) is 1. The third-order valence-electron chi connectivity index (χ3n) is 2.95. The molecule has 3 unspecified atom stereocenters. The van der Waals surface area contributed by atoms with Gasteiger partial charge in [-0.15, -0.1) is 12.4 Å².